The van der Waals surface area contributed by atoms with Crippen molar-refractivity contribution in [1.29, 1.82) is 0 Å². The van der Waals surface area contributed by atoms with Gasteiger partial charge in [-0.25, -0.2) is 0 Å². The zero-order valence-electron chi connectivity index (χ0n) is 9.52. The van der Waals surface area contributed by atoms with Crippen molar-refractivity contribution in [3.05, 3.63) is 0 Å². The SMILES string of the molecule is CC1(C)CC(Cl)CN(C(C)(C)C)C1. The van der Waals surface area contributed by atoms with Crippen molar-refractivity contribution in [3.8, 4) is 0 Å². The fourth-order valence-electron chi connectivity index (χ4n) is 2.06. The lowest BCUT2D eigenvalue weighted by molar-refractivity contribution is 0.0461. The van der Waals surface area contributed by atoms with Crippen LogP contribution in [0.2, 0.25) is 0 Å². The number of hydrogen-bond acceptors (Lipinski definition) is 1. The monoisotopic (exact) mass is 203 g/mol. The van der Waals surface area contributed by atoms with Gasteiger partial charge in [0.1, 0.15) is 0 Å². The lowest BCUT2D eigenvalue weighted by Gasteiger charge is -2.47. The van der Waals surface area contributed by atoms with Crippen LogP contribution < -0.4 is 0 Å². The Morgan fingerprint density at radius 2 is 1.85 bits per heavy atom. The van der Waals surface area contributed by atoms with Crippen molar-refractivity contribution in [2.45, 2.75) is 52.0 Å². The Balaban J connectivity index is 2.69. The molecule has 2 heteroatoms. The molecule has 0 radical (unpaired) electrons. The maximum Gasteiger partial charge on any atom is 0.0468 e. The van der Waals surface area contributed by atoms with Crippen molar-refractivity contribution >= 4 is 11.6 Å². The van der Waals surface area contributed by atoms with Crippen molar-refractivity contribution in [2.24, 2.45) is 5.41 Å². The first-order valence-corrected chi connectivity index (χ1v) is 5.53. The molecule has 78 valence electrons. The molecule has 0 saturated carbocycles. The summed E-state index contributed by atoms with van der Waals surface area (Å²) >= 11 is 6.26. The smallest absolute Gasteiger partial charge is 0.0468 e. The fraction of sp³-hybridized carbons (Fsp3) is 1.00. The summed E-state index contributed by atoms with van der Waals surface area (Å²) in [6, 6.07) is 0. The average molecular weight is 204 g/mol. The van der Waals surface area contributed by atoms with Gasteiger partial charge in [-0.2, -0.15) is 0 Å². The third-order valence-electron chi connectivity index (χ3n) is 2.76. The molecule has 1 aliphatic heterocycles. The summed E-state index contributed by atoms with van der Waals surface area (Å²) in [4.78, 5) is 2.49. The molecule has 0 aromatic heterocycles. The van der Waals surface area contributed by atoms with E-state index < -0.39 is 0 Å². The van der Waals surface area contributed by atoms with Gasteiger partial charge in [0.15, 0.2) is 0 Å². The van der Waals surface area contributed by atoms with Crippen LogP contribution in [0.5, 0.6) is 0 Å². The molecule has 1 nitrogen and oxygen atoms in total. The summed E-state index contributed by atoms with van der Waals surface area (Å²) in [5.41, 5.74) is 0.628. The summed E-state index contributed by atoms with van der Waals surface area (Å²) < 4.78 is 0. The predicted molar refractivity (Wildman–Crippen MR) is 59.4 cm³/mol. The Labute approximate surface area is 87.4 Å². The van der Waals surface area contributed by atoms with E-state index in [1.54, 1.807) is 0 Å². The maximum absolute atomic E-state index is 6.26. The molecule has 0 aromatic carbocycles. The normalized spacial score (nSPS) is 30.5. The van der Waals surface area contributed by atoms with Crippen LogP contribution in [0.4, 0.5) is 0 Å². The third kappa shape index (κ3) is 3.14. The molecule has 1 unspecified atom stereocenters. The zero-order chi connectivity index (χ0) is 10.3. The van der Waals surface area contributed by atoms with Gasteiger partial charge in [-0.3, -0.25) is 4.90 Å². The molecule has 1 saturated heterocycles. The summed E-state index contributed by atoms with van der Waals surface area (Å²) in [6.45, 7) is 13.6. The first-order valence-electron chi connectivity index (χ1n) is 5.10. The Hall–Kier alpha value is 0.250. The summed E-state index contributed by atoms with van der Waals surface area (Å²) in [6.07, 6.45) is 1.14. The van der Waals surface area contributed by atoms with Crippen LogP contribution in [0.15, 0.2) is 0 Å². The molecule has 1 atom stereocenters. The highest BCUT2D eigenvalue weighted by Crippen LogP contribution is 2.34. The molecule has 1 aliphatic rings. The maximum atomic E-state index is 6.26. The second-order valence-electron chi connectivity index (χ2n) is 6.02. The van der Waals surface area contributed by atoms with Gasteiger partial charge >= 0.3 is 0 Å². The number of nitrogens with zero attached hydrogens (tertiary/aromatic N) is 1. The Morgan fingerprint density at radius 1 is 1.31 bits per heavy atom. The Morgan fingerprint density at radius 3 is 2.23 bits per heavy atom. The zero-order valence-corrected chi connectivity index (χ0v) is 10.3. The average Bonchev–Trinajstić information content (AvgIpc) is 1.79. The molecule has 0 aromatic rings. The molecule has 0 N–H and O–H groups in total. The molecule has 1 heterocycles. The topological polar surface area (TPSA) is 3.24 Å². The van der Waals surface area contributed by atoms with Crippen molar-refractivity contribution < 1.29 is 0 Å². The number of hydrogen-bond donors (Lipinski definition) is 0. The first kappa shape index (κ1) is 11.3. The van der Waals surface area contributed by atoms with E-state index in [-0.39, 0.29) is 5.54 Å². The largest absolute Gasteiger partial charge is 0.296 e. The standard InChI is InChI=1S/C11H22ClN/c1-10(2,3)13-7-9(12)6-11(4,5)8-13/h9H,6-8H2,1-5H3. The first-order chi connectivity index (χ1) is 5.71. The van der Waals surface area contributed by atoms with Crippen LogP contribution in [0.3, 0.4) is 0 Å². The lowest BCUT2D eigenvalue weighted by Crippen LogP contribution is -2.53. The van der Waals surface area contributed by atoms with E-state index in [9.17, 15) is 0 Å². The van der Waals surface area contributed by atoms with Crippen molar-refractivity contribution in [1.82, 2.24) is 4.90 Å². The Bertz CT molecular complexity index is 181. The summed E-state index contributed by atoms with van der Waals surface area (Å²) in [5.74, 6) is 0. The molecule has 13 heavy (non-hydrogen) atoms. The van der Waals surface area contributed by atoms with Crippen LogP contribution in [-0.4, -0.2) is 28.9 Å². The molecule has 1 fully saturated rings. The van der Waals surface area contributed by atoms with Gasteiger partial charge in [0.25, 0.3) is 0 Å². The molecule has 0 bridgehead atoms. The van der Waals surface area contributed by atoms with Crippen molar-refractivity contribution in [3.63, 3.8) is 0 Å². The number of rotatable bonds is 0. The van der Waals surface area contributed by atoms with E-state index in [1.807, 2.05) is 0 Å². The second kappa shape index (κ2) is 3.43. The minimum atomic E-state index is 0.255. The van der Waals surface area contributed by atoms with E-state index in [2.05, 4.69) is 39.5 Å². The van der Waals surface area contributed by atoms with Gasteiger partial charge < -0.3 is 0 Å². The predicted octanol–water partition coefficient (Wildman–Crippen LogP) is 3.12. The van der Waals surface area contributed by atoms with Crippen LogP contribution in [-0.2, 0) is 0 Å². The van der Waals surface area contributed by atoms with Crippen LogP contribution in [0, 0.1) is 5.41 Å². The van der Waals surface area contributed by atoms with E-state index in [4.69, 9.17) is 11.6 Å². The highest BCUT2D eigenvalue weighted by molar-refractivity contribution is 6.20. The van der Waals surface area contributed by atoms with E-state index in [0.717, 1.165) is 13.0 Å². The van der Waals surface area contributed by atoms with Gasteiger partial charge in [0.2, 0.25) is 0 Å². The highest BCUT2D eigenvalue weighted by atomic mass is 35.5. The van der Waals surface area contributed by atoms with E-state index in [1.165, 1.54) is 6.54 Å². The molecule has 0 aliphatic carbocycles. The minimum Gasteiger partial charge on any atom is -0.296 e. The van der Waals surface area contributed by atoms with Gasteiger partial charge in [-0.05, 0) is 32.6 Å². The quantitative estimate of drug-likeness (QED) is 0.547. The van der Waals surface area contributed by atoms with Gasteiger partial charge in [-0.15, -0.1) is 11.6 Å². The fourth-order valence-corrected chi connectivity index (χ4v) is 2.64. The van der Waals surface area contributed by atoms with E-state index >= 15 is 0 Å². The van der Waals surface area contributed by atoms with Crippen LogP contribution >= 0.6 is 11.6 Å². The Kier molecular flexibility index (Phi) is 2.99. The summed E-state index contributed by atoms with van der Waals surface area (Å²) in [7, 11) is 0. The van der Waals surface area contributed by atoms with E-state index in [0.29, 0.717) is 10.8 Å². The molecule has 0 amide bonds. The molecule has 0 spiro atoms. The summed E-state index contributed by atoms with van der Waals surface area (Å²) in [5, 5.41) is 0.322. The number of piperidine rings is 1. The second-order valence-corrected chi connectivity index (χ2v) is 6.63. The number of likely N-dealkylation sites (tertiary alicyclic amines) is 1. The molecular weight excluding hydrogens is 182 g/mol. The minimum absolute atomic E-state index is 0.255. The molecule has 1 rings (SSSR count). The van der Waals surface area contributed by atoms with Gasteiger partial charge in [0, 0.05) is 24.0 Å². The lowest BCUT2D eigenvalue weighted by atomic mass is 9.82. The number of alkyl halides is 1. The number of halogens is 1. The highest BCUT2D eigenvalue weighted by Gasteiger charge is 2.36. The van der Waals surface area contributed by atoms with Crippen molar-refractivity contribution in [2.75, 3.05) is 13.1 Å². The van der Waals surface area contributed by atoms with Gasteiger partial charge in [0.05, 0.1) is 0 Å². The van der Waals surface area contributed by atoms with Crippen LogP contribution in [0.1, 0.15) is 41.0 Å². The molecular formula is C11H22ClN. The van der Waals surface area contributed by atoms with Crippen LogP contribution in [0.25, 0.3) is 0 Å². The van der Waals surface area contributed by atoms with Gasteiger partial charge in [-0.1, -0.05) is 13.8 Å². The third-order valence-corrected chi connectivity index (χ3v) is 3.05.